The third kappa shape index (κ3) is 4.93. The SMILES string of the molecule is COc1cccc(Oc2c(C(F)(F)F)oc3cc(OCc4c(Cl)cccc4Cl)ccc3c2=O)c1. The Morgan fingerprint density at radius 1 is 0.912 bits per heavy atom. The highest BCUT2D eigenvalue weighted by Crippen LogP contribution is 2.39. The van der Waals surface area contributed by atoms with Gasteiger partial charge in [0.1, 0.15) is 29.4 Å². The van der Waals surface area contributed by atoms with Crippen LogP contribution in [0.5, 0.6) is 23.0 Å². The smallest absolute Gasteiger partial charge is 0.453 e. The van der Waals surface area contributed by atoms with Gasteiger partial charge >= 0.3 is 6.18 Å². The Kier molecular flexibility index (Phi) is 6.63. The van der Waals surface area contributed by atoms with E-state index in [-0.39, 0.29) is 29.1 Å². The third-order valence-corrected chi connectivity index (χ3v) is 5.49. The maximum atomic E-state index is 13.8. The number of hydrogen-bond acceptors (Lipinski definition) is 5. The number of ether oxygens (including phenoxy) is 3. The Bertz CT molecular complexity index is 1400. The second kappa shape index (κ2) is 9.48. The Hall–Kier alpha value is -3.36. The second-order valence-corrected chi connectivity index (χ2v) is 7.83. The van der Waals surface area contributed by atoms with Gasteiger partial charge in [0, 0.05) is 27.7 Å². The first-order chi connectivity index (χ1) is 16.2. The van der Waals surface area contributed by atoms with Crippen molar-refractivity contribution < 1.29 is 31.8 Å². The average molecular weight is 511 g/mol. The molecule has 4 aromatic rings. The number of fused-ring (bicyclic) bond motifs is 1. The number of benzene rings is 3. The van der Waals surface area contributed by atoms with Crippen molar-refractivity contribution in [3.8, 4) is 23.0 Å². The summed E-state index contributed by atoms with van der Waals surface area (Å²) in [4.78, 5) is 12.9. The molecule has 0 atom stereocenters. The van der Waals surface area contributed by atoms with Crippen molar-refractivity contribution in [2.24, 2.45) is 0 Å². The topological polar surface area (TPSA) is 57.9 Å². The van der Waals surface area contributed by atoms with Gasteiger partial charge in [0.15, 0.2) is 0 Å². The van der Waals surface area contributed by atoms with Gasteiger partial charge in [-0.3, -0.25) is 4.79 Å². The van der Waals surface area contributed by atoms with Crippen LogP contribution in [0, 0.1) is 0 Å². The maximum Gasteiger partial charge on any atom is 0.453 e. The molecule has 0 N–H and O–H groups in total. The molecule has 0 unspecified atom stereocenters. The van der Waals surface area contributed by atoms with E-state index < -0.39 is 23.1 Å². The summed E-state index contributed by atoms with van der Waals surface area (Å²) in [5, 5.41) is 0.631. The largest absolute Gasteiger partial charge is 0.497 e. The van der Waals surface area contributed by atoms with Crippen LogP contribution in [0.15, 0.2) is 69.9 Å². The highest BCUT2D eigenvalue weighted by Gasteiger charge is 2.40. The molecule has 1 heterocycles. The molecule has 0 aliphatic carbocycles. The first-order valence-electron chi connectivity index (χ1n) is 9.73. The summed E-state index contributed by atoms with van der Waals surface area (Å²) in [7, 11) is 1.39. The van der Waals surface area contributed by atoms with Crippen LogP contribution in [0.25, 0.3) is 11.0 Å². The lowest BCUT2D eigenvalue weighted by molar-refractivity contribution is -0.154. The molecular formula is C24H15Cl2F3O5. The number of rotatable bonds is 6. The van der Waals surface area contributed by atoms with Gasteiger partial charge < -0.3 is 18.6 Å². The Morgan fingerprint density at radius 2 is 1.59 bits per heavy atom. The van der Waals surface area contributed by atoms with Gasteiger partial charge in [0.05, 0.1) is 12.5 Å². The third-order valence-electron chi connectivity index (χ3n) is 4.79. The average Bonchev–Trinajstić information content (AvgIpc) is 2.80. The van der Waals surface area contributed by atoms with Gasteiger partial charge in [-0.15, -0.1) is 0 Å². The predicted octanol–water partition coefficient (Wildman–Crippen LogP) is 7.50. The standard InChI is InChI=1S/C24H15Cl2F3O5/c1-31-13-4-2-5-15(10-13)33-22-21(30)16-9-8-14(11-20(16)34-23(22)24(27,28)29)32-12-17-18(25)6-3-7-19(17)26/h2-11H,12H2,1H3. The molecule has 176 valence electrons. The summed E-state index contributed by atoms with van der Waals surface area (Å²) >= 11 is 12.2. The molecule has 0 radical (unpaired) electrons. The molecule has 0 bridgehead atoms. The summed E-state index contributed by atoms with van der Waals surface area (Å²) in [5.74, 6) is -2.07. The lowest BCUT2D eigenvalue weighted by Crippen LogP contribution is -2.15. The molecule has 0 saturated carbocycles. The van der Waals surface area contributed by atoms with Gasteiger partial charge in [0.2, 0.25) is 11.2 Å². The van der Waals surface area contributed by atoms with Crippen molar-refractivity contribution in [3.63, 3.8) is 0 Å². The molecule has 0 spiro atoms. The molecule has 4 rings (SSSR count). The highest BCUT2D eigenvalue weighted by atomic mass is 35.5. The molecule has 0 amide bonds. The lowest BCUT2D eigenvalue weighted by Gasteiger charge is -2.14. The molecule has 0 aliphatic rings. The molecular weight excluding hydrogens is 496 g/mol. The van der Waals surface area contributed by atoms with E-state index in [1.807, 2.05) is 0 Å². The minimum atomic E-state index is -5.00. The van der Waals surface area contributed by atoms with E-state index in [0.29, 0.717) is 21.4 Å². The van der Waals surface area contributed by atoms with Crippen LogP contribution < -0.4 is 19.6 Å². The zero-order valence-electron chi connectivity index (χ0n) is 17.4. The zero-order valence-corrected chi connectivity index (χ0v) is 18.9. The quantitative estimate of drug-likeness (QED) is 0.268. The highest BCUT2D eigenvalue weighted by molar-refractivity contribution is 6.35. The minimum absolute atomic E-state index is 0.0203. The summed E-state index contributed by atoms with van der Waals surface area (Å²) in [6.07, 6.45) is -5.00. The van der Waals surface area contributed by atoms with E-state index in [1.165, 1.54) is 43.5 Å². The lowest BCUT2D eigenvalue weighted by atomic mass is 10.2. The van der Waals surface area contributed by atoms with E-state index in [0.717, 1.165) is 0 Å². The van der Waals surface area contributed by atoms with Crippen LogP contribution in [-0.4, -0.2) is 7.11 Å². The summed E-state index contributed by atoms with van der Waals surface area (Å²) < 4.78 is 62.4. The first-order valence-corrected chi connectivity index (χ1v) is 10.5. The van der Waals surface area contributed by atoms with E-state index in [1.54, 1.807) is 24.3 Å². The summed E-state index contributed by atoms with van der Waals surface area (Å²) in [6, 6.07) is 14.7. The number of halogens is 5. The van der Waals surface area contributed by atoms with Gasteiger partial charge in [-0.25, -0.2) is 0 Å². The number of alkyl halides is 3. The van der Waals surface area contributed by atoms with Gasteiger partial charge in [-0.05, 0) is 36.4 Å². The van der Waals surface area contributed by atoms with Gasteiger partial charge in [0.25, 0.3) is 5.76 Å². The summed E-state index contributed by atoms with van der Waals surface area (Å²) in [6.45, 7) is -0.0442. The van der Waals surface area contributed by atoms with E-state index in [4.69, 9.17) is 41.8 Å². The molecule has 3 aromatic carbocycles. The van der Waals surface area contributed by atoms with Crippen LogP contribution in [0.2, 0.25) is 10.0 Å². The molecule has 5 nitrogen and oxygen atoms in total. The van der Waals surface area contributed by atoms with Crippen molar-refractivity contribution in [1.29, 1.82) is 0 Å². The van der Waals surface area contributed by atoms with Crippen LogP contribution in [0.4, 0.5) is 13.2 Å². The fourth-order valence-corrected chi connectivity index (χ4v) is 3.64. The van der Waals surface area contributed by atoms with Crippen LogP contribution in [0.3, 0.4) is 0 Å². The predicted molar refractivity (Wildman–Crippen MR) is 121 cm³/mol. The number of hydrogen-bond donors (Lipinski definition) is 0. The van der Waals surface area contributed by atoms with Crippen LogP contribution in [-0.2, 0) is 12.8 Å². The van der Waals surface area contributed by atoms with Gasteiger partial charge in [-0.1, -0.05) is 35.3 Å². The molecule has 34 heavy (non-hydrogen) atoms. The van der Waals surface area contributed by atoms with Crippen molar-refractivity contribution in [2.75, 3.05) is 7.11 Å². The monoisotopic (exact) mass is 510 g/mol. The van der Waals surface area contributed by atoms with Crippen molar-refractivity contribution >= 4 is 34.2 Å². The minimum Gasteiger partial charge on any atom is -0.497 e. The fourth-order valence-electron chi connectivity index (χ4n) is 3.13. The van der Waals surface area contributed by atoms with E-state index in [2.05, 4.69) is 0 Å². The number of methoxy groups -OCH3 is 1. The second-order valence-electron chi connectivity index (χ2n) is 7.02. The van der Waals surface area contributed by atoms with Crippen molar-refractivity contribution in [1.82, 2.24) is 0 Å². The Labute approximate surface area is 201 Å². The molecule has 1 aromatic heterocycles. The first kappa shape index (κ1) is 23.8. The fraction of sp³-hybridized carbons (Fsp3) is 0.125. The van der Waals surface area contributed by atoms with E-state index in [9.17, 15) is 18.0 Å². The zero-order chi connectivity index (χ0) is 24.5. The van der Waals surface area contributed by atoms with Crippen LogP contribution in [0.1, 0.15) is 11.3 Å². The normalized spacial score (nSPS) is 11.5. The summed E-state index contributed by atoms with van der Waals surface area (Å²) in [5.41, 5.74) is -0.805. The molecule has 0 fully saturated rings. The van der Waals surface area contributed by atoms with E-state index >= 15 is 0 Å². The van der Waals surface area contributed by atoms with Crippen molar-refractivity contribution in [3.05, 3.63) is 92.3 Å². The Balaban J connectivity index is 1.73. The van der Waals surface area contributed by atoms with Crippen molar-refractivity contribution in [2.45, 2.75) is 12.8 Å². The molecule has 0 saturated heterocycles. The van der Waals surface area contributed by atoms with Crippen LogP contribution >= 0.6 is 23.2 Å². The molecule has 0 aliphatic heterocycles. The molecule has 10 heteroatoms. The Morgan fingerprint density at radius 3 is 2.26 bits per heavy atom. The van der Waals surface area contributed by atoms with Gasteiger partial charge in [-0.2, -0.15) is 13.2 Å². The maximum absolute atomic E-state index is 13.8.